The minimum atomic E-state index is -0.433. The number of aliphatic hydroxyl groups is 1. The molecule has 0 spiro atoms. The molecule has 0 aliphatic heterocycles. The standard InChI is InChI=1S/C16H17BrO/c1-2-12-4-3-5-14(10-12)16(18)11-13-6-8-15(17)9-7-13/h3-10,16,18H,2,11H2,1H3. The summed E-state index contributed by atoms with van der Waals surface area (Å²) in [6.07, 6.45) is 1.22. The van der Waals surface area contributed by atoms with Crippen LogP contribution in [-0.2, 0) is 12.8 Å². The van der Waals surface area contributed by atoms with Crippen LogP contribution in [0.2, 0.25) is 0 Å². The van der Waals surface area contributed by atoms with Gasteiger partial charge in [-0.15, -0.1) is 0 Å². The van der Waals surface area contributed by atoms with Crippen molar-refractivity contribution in [2.75, 3.05) is 0 Å². The predicted octanol–water partition coefficient (Wildman–Crippen LogP) is 4.29. The van der Waals surface area contributed by atoms with E-state index in [1.807, 2.05) is 36.4 Å². The summed E-state index contributed by atoms with van der Waals surface area (Å²) in [5.41, 5.74) is 3.41. The summed E-state index contributed by atoms with van der Waals surface area (Å²) in [5, 5.41) is 10.3. The van der Waals surface area contributed by atoms with Crippen molar-refractivity contribution in [2.45, 2.75) is 25.9 Å². The maximum atomic E-state index is 10.3. The Morgan fingerprint density at radius 3 is 2.44 bits per heavy atom. The van der Waals surface area contributed by atoms with Gasteiger partial charge in [0.15, 0.2) is 0 Å². The highest BCUT2D eigenvalue weighted by Gasteiger charge is 2.08. The van der Waals surface area contributed by atoms with Crippen LogP contribution in [0.5, 0.6) is 0 Å². The molecule has 0 saturated carbocycles. The van der Waals surface area contributed by atoms with Gasteiger partial charge >= 0.3 is 0 Å². The normalized spacial score (nSPS) is 12.4. The fourth-order valence-corrected chi connectivity index (χ4v) is 2.25. The molecule has 0 fully saturated rings. The number of rotatable bonds is 4. The molecule has 0 aliphatic carbocycles. The van der Waals surface area contributed by atoms with E-state index in [0.717, 1.165) is 22.0 Å². The van der Waals surface area contributed by atoms with Gasteiger partial charge in [0.25, 0.3) is 0 Å². The SMILES string of the molecule is CCc1cccc(C(O)Cc2ccc(Br)cc2)c1. The Morgan fingerprint density at radius 1 is 1.06 bits per heavy atom. The molecule has 94 valence electrons. The average molecular weight is 305 g/mol. The number of halogens is 1. The van der Waals surface area contributed by atoms with Gasteiger partial charge in [0.2, 0.25) is 0 Å². The zero-order valence-corrected chi connectivity index (χ0v) is 12.0. The van der Waals surface area contributed by atoms with Gasteiger partial charge < -0.3 is 5.11 Å². The lowest BCUT2D eigenvalue weighted by atomic mass is 9.99. The molecule has 1 nitrogen and oxygen atoms in total. The highest BCUT2D eigenvalue weighted by molar-refractivity contribution is 9.10. The summed E-state index contributed by atoms with van der Waals surface area (Å²) in [6.45, 7) is 2.13. The summed E-state index contributed by atoms with van der Waals surface area (Å²) in [5.74, 6) is 0. The second kappa shape index (κ2) is 6.17. The third-order valence-corrected chi connectivity index (χ3v) is 3.62. The molecule has 0 aliphatic rings. The monoisotopic (exact) mass is 304 g/mol. The van der Waals surface area contributed by atoms with Crippen LogP contribution in [0.25, 0.3) is 0 Å². The Morgan fingerprint density at radius 2 is 1.78 bits per heavy atom. The van der Waals surface area contributed by atoms with E-state index in [2.05, 4.69) is 35.0 Å². The molecule has 0 saturated heterocycles. The van der Waals surface area contributed by atoms with Crippen LogP contribution in [0.4, 0.5) is 0 Å². The molecule has 1 N–H and O–H groups in total. The second-order valence-electron chi connectivity index (χ2n) is 4.44. The minimum absolute atomic E-state index is 0.433. The first-order chi connectivity index (χ1) is 8.69. The Kier molecular flexibility index (Phi) is 4.56. The van der Waals surface area contributed by atoms with E-state index in [9.17, 15) is 5.11 Å². The van der Waals surface area contributed by atoms with E-state index in [4.69, 9.17) is 0 Å². The van der Waals surface area contributed by atoms with Crippen molar-refractivity contribution in [1.82, 2.24) is 0 Å². The van der Waals surface area contributed by atoms with Gasteiger partial charge in [-0.05, 0) is 35.2 Å². The molecule has 2 rings (SSSR count). The molecule has 0 radical (unpaired) electrons. The van der Waals surface area contributed by atoms with Crippen molar-refractivity contribution in [2.24, 2.45) is 0 Å². The topological polar surface area (TPSA) is 20.2 Å². The van der Waals surface area contributed by atoms with E-state index in [-0.39, 0.29) is 0 Å². The summed E-state index contributed by atoms with van der Waals surface area (Å²) in [4.78, 5) is 0. The van der Waals surface area contributed by atoms with Crippen molar-refractivity contribution in [1.29, 1.82) is 0 Å². The molecule has 0 aromatic heterocycles. The molecule has 2 heteroatoms. The maximum absolute atomic E-state index is 10.3. The Balaban J connectivity index is 2.11. The smallest absolute Gasteiger partial charge is 0.0830 e. The van der Waals surface area contributed by atoms with Crippen LogP contribution in [0, 0.1) is 0 Å². The molecular weight excluding hydrogens is 288 g/mol. The minimum Gasteiger partial charge on any atom is -0.388 e. The Hall–Kier alpha value is -1.12. The van der Waals surface area contributed by atoms with E-state index in [1.165, 1.54) is 5.56 Å². The number of aliphatic hydroxyl groups excluding tert-OH is 1. The van der Waals surface area contributed by atoms with E-state index in [1.54, 1.807) is 0 Å². The highest BCUT2D eigenvalue weighted by Crippen LogP contribution is 2.20. The maximum Gasteiger partial charge on any atom is 0.0830 e. The van der Waals surface area contributed by atoms with Crippen molar-refractivity contribution in [3.05, 3.63) is 69.7 Å². The van der Waals surface area contributed by atoms with Crippen LogP contribution < -0.4 is 0 Å². The van der Waals surface area contributed by atoms with Crippen molar-refractivity contribution >= 4 is 15.9 Å². The number of hydrogen-bond acceptors (Lipinski definition) is 1. The van der Waals surface area contributed by atoms with Gasteiger partial charge in [-0.25, -0.2) is 0 Å². The van der Waals surface area contributed by atoms with Gasteiger partial charge in [0.05, 0.1) is 6.10 Å². The quantitative estimate of drug-likeness (QED) is 0.893. The average Bonchev–Trinajstić information content (AvgIpc) is 2.41. The summed E-state index contributed by atoms with van der Waals surface area (Å²) in [6, 6.07) is 16.3. The van der Waals surface area contributed by atoms with Crippen LogP contribution >= 0.6 is 15.9 Å². The molecular formula is C16H17BrO. The lowest BCUT2D eigenvalue weighted by Crippen LogP contribution is -2.02. The first-order valence-corrected chi connectivity index (χ1v) is 6.99. The molecule has 18 heavy (non-hydrogen) atoms. The molecule has 2 aromatic rings. The molecule has 1 unspecified atom stereocenters. The zero-order valence-electron chi connectivity index (χ0n) is 10.4. The molecule has 0 heterocycles. The first kappa shape index (κ1) is 13.3. The summed E-state index contributed by atoms with van der Waals surface area (Å²) in [7, 11) is 0. The number of aryl methyl sites for hydroxylation is 1. The lowest BCUT2D eigenvalue weighted by Gasteiger charge is -2.12. The summed E-state index contributed by atoms with van der Waals surface area (Å²) >= 11 is 3.41. The molecule has 1 atom stereocenters. The number of hydrogen-bond donors (Lipinski definition) is 1. The van der Waals surface area contributed by atoms with Crippen LogP contribution in [0.15, 0.2) is 53.0 Å². The first-order valence-electron chi connectivity index (χ1n) is 6.20. The predicted molar refractivity (Wildman–Crippen MR) is 78.6 cm³/mol. The second-order valence-corrected chi connectivity index (χ2v) is 5.36. The van der Waals surface area contributed by atoms with E-state index >= 15 is 0 Å². The van der Waals surface area contributed by atoms with Crippen molar-refractivity contribution in [3.8, 4) is 0 Å². The van der Waals surface area contributed by atoms with Gasteiger partial charge in [-0.3, -0.25) is 0 Å². The Bertz CT molecular complexity index is 505. The van der Waals surface area contributed by atoms with Crippen LogP contribution in [-0.4, -0.2) is 5.11 Å². The largest absolute Gasteiger partial charge is 0.388 e. The molecule has 0 bridgehead atoms. The van der Waals surface area contributed by atoms with Gasteiger partial charge in [-0.2, -0.15) is 0 Å². The van der Waals surface area contributed by atoms with Crippen LogP contribution in [0.3, 0.4) is 0 Å². The third kappa shape index (κ3) is 3.44. The summed E-state index contributed by atoms with van der Waals surface area (Å²) < 4.78 is 1.06. The Labute approximate surface area is 117 Å². The van der Waals surface area contributed by atoms with Crippen molar-refractivity contribution < 1.29 is 5.11 Å². The molecule has 0 amide bonds. The number of benzene rings is 2. The van der Waals surface area contributed by atoms with Gasteiger partial charge in [-0.1, -0.05) is 59.3 Å². The van der Waals surface area contributed by atoms with E-state index in [0.29, 0.717) is 6.42 Å². The zero-order chi connectivity index (χ0) is 13.0. The van der Waals surface area contributed by atoms with E-state index < -0.39 is 6.10 Å². The molecule has 2 aromatic carbocycles. The fourth-order valence-electron chi connectivity index (χ4n) is 1.98. The highest BCUT2D eigenvalue weighted by atomic mass is 79.9. The van der Waals surface area contributed by atoms with Crippen molar-refractivity contribution in [3.63, 3.8) is 0 Å². The fraction of sp³-hybridized carbons (Fsp3) is 0.250. The van der Waals surface area contributed by atoms with Gasteiger partial charge in [0.1, 0.15) is 0 Å². The van der Waals surface area contributed by atoms with Crippen LogP contribution in [0.1, 0.15) is 29.7 Å². The van der Waals surface area contributed by atoms with Gasteiger partial charge in [0, 0.05) is 10.9 Å². The lowest BCUT2D eigenvalue weighted by molar-refractivity contribution is 0.178. The third-order valence-electron chi connectivity index (χ3n) is 3.09.